The molecule has 0 fully saturated rings. The predicted octanol–water partition coefficient (Wildman–Crippen LogP) is 3.57. The van der Waals surface area contributed by atoms with Crippen molar-refractivity contribution in [1.82, 2.24) is 0 Å². The highest BCUT2D eigenvalue weighted by Gasteiger charge is 2.39. The van der Waals surface area contributed by atoms with Crippen molar-refractivity contribution in [2.75, 3.05) is 0 Å². The van der Waals surface area contributed by atoms with Gasteiger partial charge in [0.2, 0.25) is 0 Å². The first kappa shape index (κ1) is 28.1. The summed E-state index contributed by atoms with van der Waals surface area (Å²) in [5.74, 6) is -7.78. The normalized spacial score (nSPS) is 13.4. The number of rotatable bonds is 2. The summed E-state index contributed by atoms with van der Waals surface area (Å²) in [6.45, 7) is 3.10. The quantitative estimate of drug-likeness (QED) is 0.0746. The first-order valence-corrected chi connectivity index (χ1v) is 16.0. The van der Waals surface area contributed by atoms with Gasteiger partial charge < -0.3 is 30.6 Å². The van der Waals surface area contributed by atoms with Crippen LogP contribution in [-0.4, -0.2) is 56.6 Å². The molecule has 0 heterocycles. The Morgan fingerprint density at radius 1 is 0.391 bits per heavy atom. The van der Waals surface area contributed by atoms with Crippen LogP contribution in [0.15, 0.2) is 31.5 Å². The molecule has 0 saturated carbocycles. The average Bonchev–Trinajstić information content (AvgIpc) is 2.90. The van der Waals surface area contributed by atoms with E-state index in [0.717, 1.165) is 12.1 Å². The molecule has 0 atom stereocenters. The third kappa shape index (κ3) is 2.84. The maximum Gasteiger partial charge on any atom is 0.302 e. The van der Waals surface area contributed by atoms with Gasteiger partial charge in [0.05, 0.1) is 21.5 Å². The summed E-state index contributed by atoms with van der Waals surface area (Å²) >= 11 is 0. The number of benzene rings is 8. The van der Waals surface area contributed by atoms with Crippen molar-refractivity contribution < 1.29 is 56.6 Å². The molecule has 0 unspecified atom stereocenters. The van der Waals surface area contributed by atoms with Crippen molar-refractivity contribution in [3.8, 4) is 34.5 Å². The first-order valence-electron chi connectivity index (χ1n) is 13.1. The molecule has 0 aliphatic carbocycles. The molecule has 8 N–H and O–H groups in total. The summed E-state index contributed by atoms with van der Waals surface area (Å²) in [6.07, 6.45) is 0. The Labute approximate surface area is 253 Å². The van der Waals surface area contributed by atoms with Gasteiger partial charge in [-0.1, -0.05) is 0 Å². The van der Waals surface area contributed by atoms with Gasteiger partial charge in [-0.25, -0.2) is 0 Å². The van der Waals surface area contributed by atoms with Crippen molar-refractivity contribution in [3.63, 3.8) is 0 Å². The maximum absolute atomic E-state index is 13.5. The Morgan fingerprint density at radius 3 is 0.957 bits per heavy atom. The molecule has 232 valence electrons. The summed E-state index contributed by atoms with van der Waals surface area (Å²) in [5, 5.41) is 63.7. The largest absolute Gasteiger partial charge is 0.506 e. The smallest absolute Gasteiger partial charge is 0.302 e. The topological polar surface area (TPSA) is 264 Å². The highest BCUT2D eigenvalue weighted by atomic mass is 32.2. The molecule has 46 heavy (non-hydrogen) atoms. The van der Waals surface area contributed by atoms with Crippen LogP contribution in [0.4, 0.5) is 0 Å². The number of fused-ring (bicyclic) bond motifs is 2. The van der Waals surface area contributed by atoms with E-state index in [1.807, 2.05) is 0 Å². The van der Waals surface area contributed by atoms with E-state index >= 15 is 0 Å². The van der Waals surface area contributed by atoms with Crippen molar-refractivity contribution >= 4 is 95.6 Å². The van der Waals surface area contributed by atoms with E-state index in [2.05, 4.69) is 0 Å². The van der Waals surface area contributed by atoms with Gasteiger partial charge in [0.15, 0.2) is 32.1 Å². The third-order valence-electron chi connectivity index (χ3n) is 9.00. The summed E-state index contributed by atoms with van der Waals surface area (Å²) in [5.41, 5.74) is -0.965. The summed E-state index contributed by atoms with van der Waals surface area (Å²) < 4.78 is 70.2. The van der Waals surface area contributed by atoms with Crippen LogP contribution in [0.2, 0.25) is 0 Å². The number of hydrogen-bond acceptors (Lipinski definition) is 12. The van der Waals surface area contributed by atoms with Crippen LogP contribution >= 0.6 is 0 Å². The van der Waals surface area contributed by atoms with Crippen LogP contribution in [0.25, 0.3) is 75.4 Å². The zero-order chi connectivity index (χ0) is 33.4. The summed E-state index contributed by atoms with van der Waals surface area (Å²) in [4.78, 5) is 23.9. The molecular weight excluding hydrogens is 648 g/mol. The molecule has 0 aliphatic heterocycles. The number of aromatic hydroxyl groups is 6. The van der Waals surface area contributed by atoms with Crippen LogP contribution in [0.1, 0.15) is 11.1 Å². The van der Waals surface area contributed by atoms with Crippen LogP contribution < -0.4 is 10.9 Å². The van der Waals surface area contributed by atoms with Crippen LogP contribution in [0, 0.1) is 13.8 Å². The lowest BCUT2D eigenvalue weighted by atomic mass is 9.77. The summed E-state index contributed by atoms with van der Waals surface area (Å²) in [7, 11) is -11.2. The van der Waals surface area contributed by atoms with Crippen LogP contribution in [0.5, 0.6) is 34.5 Å². The molecule has 16 heteroatoms. The van der Waals surface area contributed by atoms with Crippen molar-refractivity contribution in [2.24, 2.45) is 0 Å². The predicted molar refractivity (Wildman–Crippen MR) is 165 cm³/mol. The minimum absolute atomic E-state index is 0.0133. The molecule has 0 amide bonds. The molecule has 8 rings (SSSR count). The van der Waals surface area contributed by atoms with E-state index < -0.39 is 118 Å². The second-order valence-corrected chi connectivity index (χ2v) is 14.0. The minimum atomic E-state index is -5.59. The fourth-order valence-electron chi connectivity index (χ4n) is 7.53. The minimum Gasteiger partial charge on any atom is -0.506 e. The number of aryl methyl sites for hydroxylation is 2. The van der Waals surface area contributed by atoms with Gasteiger partial charge in [-0.2, -0.15) is 16.8 Å². The van der Waals surface area contributed by atoms with Gasteiger partial charge >= 0.3 is 20.2 Å². The lowest BCUT2D eigenvalue weighted by Gasteiger charge is -2.26. The van der Waals surface area contributed by atoms with E-state index in [1.165, 1.54) is 0 Å². The van der Waals surface area contributed by atoms with E-state index in [9.17, 15) is 66.2 Å². The fraction of sp³-hybridized carbons (Fsp3) is 0.0667. The average molecular weight is 665 g/mol. The molecule has 0 radical (unpaired) electrons. The standard InChI is InChI=1S/C30H16O14S2/c1-5-3-7(31)11-13-9(5)10-6(2)4-8(32)12-14(10)16-15(13)17-19(25(35)29(45(39,40)41)27(37)21(17)23(11)33)20-18(16)22(24(12)34)28(38)30(26(20)36)46(42,43)44/h3-4,33-38H,1-2H3,(H,39,40,41)(H,42,43,44). The number of phenols is 6. The SMILES string of the molecule is Cc1cc(=O)c2c(O)c3c(O)c(S(=O)(=O)O)c(O)c4c5c(O)c(S(=O)(=O)O)c(O)c6c(O)c7c(=O)cc(C)c8c1c2c(c34)c(c65)c78. The van der Waals surface area contributed by atoms with E-state index in [0.29, 0.717) is 11.1 Å². The highest BCUT2D eigenvalue weighted by molar-refractivity contribution is 7.86. The Morgan fingerprint density at radius 2 is 0.652 bits per heavy atom. The molecule has 0 aromatic heterocycles. The highest BCUT2D eigenvalue weighted by Crippen LogP contribution is 2.62. The lowest BCUT2D eigenvalue weighted by molar-refractivity contribution is 0.411. The Balaban J connectivity index is 2.03. The fourth-order valence-corrected chi connectivity index (χ4v) is 8.91. The molecule has 0 spiro atoms. The van der Waals surface area contributed by atoms with Gasteiger partial charge in [0, 0.05) is 43.1 Å². The monoisotopic (exact) mass is 664 g/mol. The molecule has 14 nitrogen and oxygen atoms in total. The third-order valence-corrected chi connectivity index (χ3v) is 10.8. The number of hydrogen-bond donors (Lipinski definition) is 8. The Hall–Kier alpha value is -5.42. The Bertz CT molecular complexity index is 2920. The van der Waals surface area contributed by atoms with E-state index in [4.69, 9.17) is 0 Å². The zero-order valence-electron chi connectivity index (χ0n) is 23.0. The van der Waals surface area contributed by atoms with Gasteiger partial charge in [0.1, 0.15) is 23.0 Å². The molecule has 0 saturated heterocycles. The maximum atomic E-state index is 13.5. The van der Waals surface area contributed by atoms with Crippen molar-refractivity contribution in [3.05, 3.63) is 43.7 Å². The molecule has 0 bridgehead atoms. The molecule has 8 aromatic carbocycles. The zero-order valence-corrected chi connectivity index (χ0v) is 24.6. The first-order chi connectivity index (χ1) is 21.3. The van der Waals surface area contributed by atoms with Gasteiger partial charge in [-0.05, 0) is 47.9 Å². The molecule has 8 aromatic rings. The van der Waals surface area contributed by atoms with Gasteiger partial charge in [0.25, 0.3) is 0 Å². The van der Waals surface area contributed by atoms with Crippen LogP contribution in [0.3, 0.4) is 0 Å². The molecular formula is C30H16O14S2. The Kier molecular flexibility index (Phi) is 4.80. The van der Waals surface area contributed by atoms with Gasteiger partial charge in [-0.3, -0.25) is 18.7 Å². The molecule has 0 aliphatic rings. The van der Waals surface area contributed by atoms with Crippen LogP contribution in [-0.2, 0) is 20.2 Å². The van der Waals surface area contributed by atoms with E-state index in [1.54, 1.807) is 13.8 Å². The van der Waals surface area contributed by atoms with Crippen molar-refractivity contribution in [1.29, 1.82) is 0 Å². The lowest BCUT2D eigenvalue weighted by Crippen LogP contribution is -2.10. The van der Waals surface area contributed by atoms with Crippen molar-refractivity contribution in [2.45, 2.75) is 23.6 Å². The second-order valence-electron chi connectivity index (χ2n) is 11.3. The number of phenolic OH excluding ortho intramolecular Hbond substituents is 6. The van der Waals surface area contributed by atoms with E-state index in [-0.39, 0.29) is 32.3 Å². The summed E-state index contributed by atoms with van der Waals surface area (Å²) in [6, 6.07) is 2.29. The second kappa shape index (κ2) is 7.86. The van der Waals surface area contributed by atoms with Gasteiger partial charge in [-0.15, -0.1) is 0 Å².